The van der Waals surface area contributed by atoms with Gasteiger partial charge < -0.3 is 9.73 Å². The van der Waals surface area contributed by atoms with E-state index in [-0.39, 0.29) is 10.7 Å². The number of amides is 1. The van der Waals surface area contributed by atoms with Gasteiger partial charge in [0.2, 0.25) is 15.9 Å². The largest absolute Gasteiger partial charge is 0.468 e. The first-order chi connectivity index (χ1) is 12.3. The molecule has 26 heavy (non-hydrogen) atoms. The number of furan rings is 1. The van der Waals surface area contributed by atoms with E-state index in [1.807, 2.05) is 6.07 Å². The molecule has 1 N–H and O–H groups in total. The van der Waals surface area contributed by atoms with Gasteiger partial charge in [-0.3, -0.25) is 9.10 Å². The first-order valence-corrected chi connectivity index (χ1v) is 10.9. The Balaban J connectivity index is 1.87. The number of carbonyl (C=O) groups is 1. The first kappa shape index (κ1) is 20.6. The predicted molar refractivity (Wildman–Crippen MR) is 101 cm³/mol. The van der Waals surface area contributed by atoms with Gasteiger partial charge >= 0.3 is 0 Å². The Morgan fingerprint density at radius 2 is 2.15 bits per heavy atom. The summed E-state index contributed by atoms with van der Waals surface area (Å²) in [6.45, 7) is -0.0321. The van der Waals surface area contributed by atoms with Gasteiger partial charge in [0.15, 0.2) is 0 Å². The van der Waals surface area contributed by atoms with Gasteiger partial charge in [0.25, 0.3) is 0 Å². The highest BCUT2D eigenvalue weighted by Crippen LogP contribution is 2.24. The molecule has 0 aliphatic heterocycles. The van der Waals surface area contributed by atoms with Crippen LogP contribution in [0.2, 0.25) is 5.02 Å². The van der Waals surface area contributed by atoms with Crippen molar-refractivity contribution in [2.75, 3.05) is 29.4 Å². The molecule has 0 spiro atoms. The highest BCUT2D eigenvalue weighted by molar-refractivity contribution is 7.98. The molecule has 0 aliphatic carbocycles. The minimum Gasteiger partial charge on any atom is -0.468 e. The molecular formula is C16H18ClFN2O4S2. The Morgan fingerprint density at radius 1 is 1.38 bits per heavy atom. The molecule has 0 unspecified atom stereocenters. The third kappa shape index (κ3) is 6.22. The number of hydrogen-bond donors (Lipinski definition) is 1. The van der Waals surface area contributed by atoms with Crippen LogP contribution < -0.4 is 9.62 Å². The normalized spacial score (nSPS) is 11.3. The van der Waals surface area contributed by atoms with E-state index in [0.29, 0.717) is 18.1 Å². The van der Waals surface area contributed by atoms with Crippen LogP contribution in [0.5, 0.6) is 0 Å². The van der Waals surface area contributed by atoms with Crippen molar-refractivity contribution in [2.24, 2.45) is 0 Å². The molecule has 0 atom stereocenters. The van der Waals surface area contributed by atoms with Crippen LogP contribution in [0.1, 0.15) is 5.76 Å². The molecule has 1 aromatic carbocycles. The molecule has 0 fully saturated rings. The number of rotatable bonds is 9. The molecule has 142 valence electrons. The lowest BCUT2D eigenvalue weighted by atomic mass is 10.3. The van der Waals surface area contributed by atoms with Crippen LogP contribution in [0, 0.1) is 5.82 Å². The van der Waals surface area contributed by atoms with Crippen molar-refractivity contribution >= 4 is 45.0 Å². The molecule has 2 rings (SSSR count). The molecule has 6 nitrogen and oxygen atoms in total. The van der Waals surface area contributed by atoms with Gasteiger partial charge in [-0.2, -0.15) is 11.8 Å². The summed E-state index contributed by atoms with van der Waals surface area (Å²) in [6, 6.07) is 7.15. The Labute approximate surface area is 160 Å². The third-order valence-corrected chi connectivity index (χ3v) is 5.68. The Bertz CT molecular complexity index is 844. The molecule has 1 heterocycles. The van der Waals surface area contributed by atoms with Gasteiger partial charge in [-0.25, -0.2) is 12.8 Å². The number of nitrogens with one attached hydrogen (secondary N) is 1. The Kier molecular flexibility index (Phi) is 7.36. The third-order valence-electron chi connectivity index (χ3n) is 3.27. The number of anilines is 1. The summed E-state index contributed by atoms with van der Waals surface area (Å²) >= 11 is 7.28. The fourth-order valence-corrected chi connectivity index (χ4v) is 3.84. The van der Waals surface area contributed by atoms with Crippen molar-refractivity contribution in [1.29, 1.82) is 0 Å². The van der Waals surface area contributed by atoms with Crippen molar-refractivity contribution in [2.45, 2.75) is 5.75 Å². The quantitative estimate of drug-likeness (QED) is 0.631. The summed E-state index contributed by atoms with van der Waals surface area (Å²) < 4.78 is 43.3. The second-order valence-electron chi connectivity index (χ2n) is 5.35. The summed E-state index contributed by atoms with van der Waals surface area (Å²) in [4.78, 5) is 12.1. The average Bonchev–Trinajstić information content (AvgIpc) is 3.07. The molecule has 0 saturated heterocycles. The number of carbonyl (C=O) groups excluding carboxylic acids is 1. The van der Waals surface area contributed by atoms with Crippen LogP contribution in [-0.2, 0) is 20.6 Å². The van der Waals surface area contributed by atoms with E-state index >= 15 is 0 Å². The topological polar surface area (TPSA) is 79.6 Å². The SMILES string of the molecule is CS(=O)(=O)N(CC(=O)NCCSCc1ccco1)c1ccc(F)c(Cl)c1. The van der Waals surface area contributed by atoms with Gasteiger partial charge in [-0.15, -0.1) is 0 Å². The van der Waals surface area contributed by atoms with Crippen LogP contribution in [0.25, 0.3) is 0 Å². The van der Waals surface area contributed by atoms with Crippen molar-refractivity contribution in [3.8, 4) is 0 Å². The van der Waals surface area contributed by atoms with Gasteiger partial charge in [0.1, 0.15) is 18.1 Å². The van der Waals surface area contributed by atoms with Crippen molar-refractivity contribution in [3.05, 3.63) is 53.2 Å². The second-order valence-corrected chi connectivity index (χ2v) is 8.77. The maximum atomic E-state index is 13.3. The minimum atomic E-state index is -3.73. The average molecular weight is 421 g/mol. The van der Waals surface area contributed by atoms with Gasteiger partial charge in [-0.1, -0.05) is 11.6 Å². The van der Waals surface area contributed by atoms with Crippen molar-refractivity contribution in [3.63, 3.8) is 0 Å². The monoisotopic (exact) mass is 420 g/mol. The number of benzene rings is 1. The van der Waals surface area contributed by atoms with Crippen molar-refractivity contribution in [1.82, 2.24) is 5.32 Å². The second kappa shape index (κ2) is 9.29. The molecule has 1 aromatic heterocycles. The van der Waals surface area contributed by atoms with E-state index in [4.69, 9.17) is 16.0 Å². The van der Waals surface area contributed by atoms with E-state index in [1.54, 1.807) is 24.1 Å². The molecule has 0 saturated carbocycles. The van der Waals surface area contributed by atoms with Gasteiger partial charge in [0.05, 0.1) is 29.0 Å². The summed E-state index contributed by atoms with van der Waals surface area (Å²) in [5.74, 6) is 1.05. The van der Waals surface area contributed by atoms with Gasteiger partial charge in [0, 0.05) is 12.3 Å². The maximum absolute atomic E-state index is 13.3. The van der Waals surface area contributed by atoms with Crippen LogP contribution in [0.15, 0.2) is 41.0 Å². The minimum absolute atomic E-state index is 0.126. The zero-order valence-electron chi connectivity index (χ0n) is 13.9. The highest BCUT2D eigenvalue weighted by atomic mass is 35.5. The van der Waals surface area contributed by atoms with E-state index in [2.05, 4.69) is 5.32 Å². The summed E-state index contributed by atoms with van der Waals surface area (Å²) in [7, 11) is -3.73. The number of halogens is 2. The van der Waals surface area contributed by atoms with Crippen LogP contribution in [-0.4, -0.2) is 39.4 Å². The molecule has 0 bridgehead atoms. The lowest BCUT2D eigenvalue weighted by Crippen LogP contribution is -2.41. The molecule has 0 aliphatic rings. The fraction of sp³-hybridized carbons (Fsp3) is 0.312. The smallest absolute Gasteiger partial charge is 0.240 e. The molecule has 2 aromatic rings. The van der Waals surface area contributed by atoms with E-state index < -0.39 is 28.3 Å². The molecule has 10 heteroatoms. The van der Waals surface area contributed by atoms with E-state index in [9.17, 15) is 17.6 Å². The Hall–Kier alpha value is -1.71. The van der Waals surface area contributed by atoms with Crippen LogP contribution >= 0.6 is 23.4 Å². The number of sulfonamides is 1. The lowest BCUT2D eigenvalue weighted by molar-refractivity contribution is -0.119. The zero-order chi connectivity index (χ0) is 19.2. The van der Waals surface area contributed by atoms with Crippen LogP contribution in [0.3, 0.4) is 0 Å². The standard InChI is InChI=1S/C16H18ClFN2O4S2/c1-26(22,23)20(12-4-5-15(18)14(17)9-12)10-16(21)19-6-8-25-11-13-3-2-7-24-13/h2-5,7,9H,6,8,10-11H2,1H3,(H,19,21). The Morgan fingerprint density at radius 3 is 2.77 bits per heavy atom. The summed E-state index contributed by atoms with van der Waals surface area (Å²) in [6.07, 6.45) is 2.57. The molecule has 0 radical (unpaired) electrons. The summed E-state index contributed by atoms with van der Waals surface area (Å²) in [5.41, 5.74) is 0.126. The van der Waals surface area contributed by atoms with Gasteiger partial charge in [-0.05, 0) is 30.3 Å². The number of hydrogen-bond acceptors (Lipinski definition) is 5. The predicted octanol–water partition coefficient (Wildman–Crippen LogP) is 2.89. The highest BCUT2D eigenvalue weighted by Gasteiger charge is 2.21. The molecular weight excluding hydrogens is 403 g/mol. The fourth-order valence-electron chi connectivity index (χ4n) is 2.06. The molecule has 1 amide bonds. The zero-order valence-corrected chi connectivity index (χ0v) is 16.3. The number of nitrogens with zero attached hydrogens (tertiary/aromatic N) is 1. The first-order valence-electron chi connectivity index (χ1n) is 7.57. The summed E-state index contributed by atoms with van der Waals surface area (Å²) in [5, 5.41) is 2.44. The van der Waals surface area contributed by atoms with Crippen molar-refractivity contribution < 1.29 is 22.0 Å². The van der Waals surface area contributed by atoms with E-state index in [0.717, 1.165) is 22.4 Å². The number of thioether (sulfide) groups is 1. The maximum Gasteiger partial charge on any atom is 0.240 e. The lowest BCUT2D eigenvalue weighted by Gasteiger charge is -2.22. The van der Waals surface area contributed by atoms with Crippen LogP contribution in [0.4, 0.5) is 10.1 Å². The van der Waals surface area contributed by atoms with E-state index in [1.165, 1.54) is 12.1 Å².